The van der Waals surface area contributed by atoms with Crippen molar-refractivity contribution in [3.05, 3.63) is 0 Å². The van der Waals surface area contributed by atoms with Crippen LogP contribution in [0.1, 0.15) is 149 Å². The molecule has 0 aliphatic carbocycles. The number of nitrogens with two attached hydrogens (primary N) is 1. The minimum atomic E-state index is -4.42. The summed E-state index contributed by atoms with van der Waals surface area (Å²) in [4.78, 5) is 0. The van der Waals surface area contributed by atoms with Gasteiger partial charge < -0.3 is 25.2 Å². The monoisotopic (exact) mass is 541 g/mol. The van der Waals surface area contributed by atoms with Crippen LogP contribution in [0.4, 0.5) is 0 Å². The summed E-state index contributed by atoms with van der Waals surface area (Å²) < 4.78 is 32.0. The molecule has 8 nitrogen and oxygen atoms in total. The number of hydrogen-bond acceptors (Lipinski definition) is 7. The molecule has 0 heterocycles. The van der Waals surface area contributed by atoms with Crippen LogP contribution in [0.5, 0.6) is 0 Å². The molecule has 0 aromatic heterocycles. The zero-order chi connectivity index (χ0) is 27.4. The molecule has 0 aromatic rings. The van der Waals surface area contributed by atoms with Crippen molar-refractivity contribution in [2.45, 2.75) is 155 Å². The van der Waals surface area contributed by atoms with Crippen LogP contribution in [0.25, 0.3) is 0 Å². The molecule has 0 saturated carbocycles. The summed E-state index contributed by atoms with van der Waals surface area (Å²) in [5, 5.41) is 28.4. The predicted octanol–water partition coefficient (Wildman–Crippen LogP) is 4.88. The molecule has 0 aliphatic heterocycles. The van der Waals surface area contributed by atoms with Crippen LogP contribution in [0.3, 0.4) is 0 Å². The molecule has 0 bridgehead atoms. The number of aliphatic hydroxyl groups is 3. The predicted molar refractivity (Wildman–Crippen MR) is 145 cm³/mol. The van der Waals surface area contributed by atoms with E-state index < -0.39 is 16.4 Å². The van der Waals surface area contributed by atoms with Crippen molar-refractivity contribution in [3.8, 4) is 0 Å². The first kappa shape index (κ1) is 37.9. The van der Waals surface area contributed by atoms with Gasteiger partial charge in [0.2, 0.25) is 10.4 Å². The Balaban J connectivity index is 0. The summed E-state index contributed by atoms with van der Waals surface area (Å²) in [6.07, 6.45) is 28.0. The fourth-order valence-corrected chi connectivity index (χ4v) is 4.42. The maximum absolute atomic E-state index is 9.45. The lowest BCUT2D eigenvalue weighted by molar-refractivity contribution is -0.660. The number of rotatable bonds is 26. The smallest absolute Gasteiger partial charge is 0.280 e. The molecule has 9 heteroatoms. The maximum atomic E-state index is 9.45. The number of unbranched alkanes of at least 4 members (excludes halogenated alkanes) is 19. The second-order valence-electron chi connectivity index (χ2n) is 9.92. The highest BCUT2D eigenvalue weighted by Gasteiger charge is 2.17. The van der Waals surface area contributed by atoms with Crippen molar-refractivity contribution in [2.75, 3.05) is 19.7 Å². The van der Waals surface area contributed by atoms with Crippen LogP contribution in [-0.4, -0.2) is 54.0 Å². The van der Waals surface area contributed by atoms with E-state index in [4.69, 9.17) is 15.3 Å². The van der Waals surface area contributed by atoms with E-state index in [9.17, 15) is 13.0 Å². The fraction of sp³-hybridized carbons (Fsp3) is 1.00. The zero-order valence-corrected chi connectivity index (χ0v) is 24.2. The summed E-state index contributed by atoms with van der Waals surface area (Å²) in [6, 6.07) is 0. The first-order valence-corrected chi connectivity index (χ1v) is 16.0. The van der Waals surface area contributed by atoms with Gasteiger partial charge in [0.25, 0.3) is 5.97 Å². The molecule has 220 valence electrons. The topological polar surface area (TPSA) is 144 Å². The molecule has 0 unspecified atom stereocenters. The third-order valence-corrected chi connectivity index (χ3v) is 6.73. The van der Waals surface area contributed by atoms with Gasteiger partial charge in [0.15, 0.2) is 0 Å². The molecule has 0 rings (SSSR count). The van der Waals surface area contributed by atoms with Crippen LogP contribution in [0.2, 0.25) is 0 Å². The Morgan fingerprint density at radius 3 is 1.19 bits per heavy atom. The normalized spacial score (nSPS) is 11.9. The SMILES string of the molecule is CCCCCCCCCCCCCCCCCCCCCC[NH2+]CCC(O)(O)O.CCOS(=O)(=O)[O-]. The molecule has 0 atom stereocenters. The quantitative estimate of drug-likeness (QED) is 0.0529. The Kier molecular flexibility index (Phi) is 29.2. The van der Waals surface area contributed by atoms with E-state index in [-0.39, 0.29) is 13.0 Å². The summed E-state index contributed by atoms with van der Waals surface area (Å²) >= 11 is 0. The summed E-state index contributed by atoms with van der Waals surface area (Å²) in [6.45, 7) is 5.19. The molecule has 0 radical (unpaired) electrons. The summed E-state index contributed by atoms with van der Waals surface area (Å²) in [5.41, 5.74) is 0. The number of hydrogen-bond donors (Lipinski definition) is 4. The van der Waals surface area contributed by atoms with Gasteiger partial charge in [-0.25, -0.2) is 8.42 Å². The van der Waals surface area contributed by atoms with Gasteiger partial charge in [0, 0.05) is 0 Å². The van der Waals surface area contributed by atoms with Crippen molar-refractivity contribution < 1.29 is 37.8 Å². The van der Waals surface area contributed by atoms with Gasteiger partial charge in [-0.2, -0.15) is 0 Å². The van der Waals surface area contributed by atoms with Gasteiger partial charge in [0.05, 0.1) is 26.1 Å². The standard InChI is InChI=1S/C25H53NO3.C2H6O4S/c1-2-3-4-5-6-7-8-9-10-11-12-13-14-15-16-17-18-19-20-21-23-26-24-22-25(27,28)29;1-2-6-7(3,4)5/h26-29H,2-24H2,1H3;2H2,1H3,(H,3,4,5). The first-order valence-electron chi connectivity index (χ1n) is 14.7. The lowest BCUT2D eigenvalue weighted by Gasteiger charge is -2.12. The van der Waals surface area contributed by atoms with Gasteiger partial charge in [-0.3, -0.25) is 4.18 Å². The largest absolute Gasteiger partial charge is 0.726 e. The molecule has 0 saturated heterocycles. The van der Waals surface area contributed by atoms with E-state index in [2.05, 4.69) is 11.1 Å². The lowest BCUT2D eigenvalue weighted by atomic mass is 10.0. The molecular weight excluding hydrogens is 482 g/mol. The van der Waals surface area contributed by atoms with E-state index in [0.717, 1.165) is 6.54 Å². The minimum absolute atomic E-state index is 0.00614. The molecule has 0 aromatic carbocycles. The molecule has 0 aliphatic rings. The maximum Gasteiger partial charge on any atom is 0.280 e. The van der Waals surface area contributed by atoms with E-state index in [1.807, 2.05) is 5.32 Å². The van der Waals surface area contributed by atoms with Crippen LogP contribution >= 0.6 is 0 Å². The Hall–Kier alpha value is -0.290. The van der Waals surface area contributed by atoms with Crippen LogP contribution in [-0.2, 0) is 14.6 Å². The fourth-order valence-electron chi connectivity index (χ4n) is 4.13. The summed E-state index contributed by atoms with van der Waals surface area (Å²) in [5.74, 6) is -2.50. The second-order valence-corrected chi connectivity index (χ2v) is 11.0. The molecule has 0 fully saturated rings. The molecule has 0 spiro atoms. The molecule has 36 heavy (non-hydrogen) atoms. The van der Waals surface area contributed by atoms with E-state index in [1.54, 1.807) is 0 Å². The Morgan fingerprint density at radius 2 is 0.944 bits per heavy atom. The van der Waals surface area contributed by atoms with Crippen molar-refractivity contribution in [3.63, 3.8) is 0 Å². The van der Waals surface area contributed by atoms with Gasteiger partial charge in [-0.05, 0) is 19.8 Å². The summed E-state index contributed by atoms with van der Waals surface area (Å²) in [7, 11) is -4.42. The van der Waals surface area contributed by atoms with Gasteiger partial charge >= 0.3 is 0 Å². The highest BCUT2D eigenvalue weighted by atomic mass is 32.3. The highest BCUT2D eigenvalue weighted by Crippen LogP contribution is 2.14. The van der Waals surface area contributed by atoms with Gasteiger partial charge in [0.1, 0.15) is 0 Å². The van der Waals surface area contributed by atoms with Gasteiger partial charge in [-0.1, -0.05) is 122 Å². The van der Waals surface area contributed by atoms with Crippen molar-refractivity contribution in [2.24, 2.45) is 0 Å². The third kappa shape index (κ3) is 40.9. The Labute approximate surface area is 222 Å². The first-order chi connectivity index (χ1) is 17.1. The van der Waals surface area contributed by atoms with Crippen molar-refractivity contribution >= 4 is 10.4 Å². The van der Waals surface area contributed by atoms with E-state index in [1.165, 1.54) is 135 Å². The second kappa shape index (κ2) is 27.7. The van der Waals surface area contributed by atoms with E-state index >= 15 is 0 Å². The van der Waals surface area contributed by atoms with Crippen LogP contribution in [0, 0.1) is 0 Å². The average Bonchev–Trinajstić information content (AvgIpc) is 2.78. The average molecular weight is 542 g/mol. The lowest BCUT2D eigenvalue weighted by Crippen LogP contribution is -2.84. The van der Waals surface area contributed by atoms with Gasteiger partial charge in [-0.15, -0.1) is 0 Å². The van der Waals surface area contributed by atoms with Crippen molar-refractivity contribution in [1.82, 2.24) is 0 Å². The highest BCUT2D eigenvalue weighted by molar-refractivity contribution is 7.80. The minimum Gasteiger partial charge on any atom is -0.726 e. The molecule has 0 amide bonds. The van der Waals surface area contributed by atoms with Crippen molar-refractivity contribution in [1.29, 1.82) is 0 Å². The molecular formula is C27H59NO7S. The Morgan fingerprint density at radius 1 is 0.611 bits per heavy atom. The third-order valence-electron chi connectivity index (χ3n) is 6.21. The van der Waals surface area contributed by atoms with Crippen LogP contribution in [0.15, 0.2) is 0 Å². The van der Waals surface area contributed by atoms with Crippen LogP contribution < -0.4 is 5.32 Å². The van der Waals surface area contributed by atoms with E-state index in [0.29, 0.717) is 6.54 Å². The zero-order valence-electron chi connectivity index (χ0n) is 23.4. The Bertz CT molecular complexity index is 525. The number of quaternary nitrogens is 1. The molecule has 5 N–H and O–H groups in total.